The van der Waals surface area contributed by atoms with Crippen LogP contribution in [0.3, 0.4) is 0 Å². The van der Waals surface area contributed by atoms with E-state index in [-0.39, 0.29) is 5.91 Å². The molecule has 1 aromatic heterocycles. The van der Waals surface area contributed by atoms with Crippen LogP contribution in [0.1, 0.15) is 25.7 Å². The number of fused-ring (bicyclic) bond motifs is 2. The predicted octanol–water partition coefficient (Wildman–Crippen LogP) is 1.20. The number of thioether (sulfide) groups is 1. The highest BCUT2D eigenvalue weighted by atomic mass is 32.2. The van der Waals surface area contributed by atoms with Crippen LogP contribution >= 0.6 is 11.8 Å². The fourth-order valence-electron chi connectivity index (χ4n) is 3.07. The normalized spacial score (nSPS) is 30.7. The summed E-state index contributed by atoms with van der Waals surface area (Å²) in [5, 5.41) is 10.3. The van der Waals surface area contributed by atoms with Crippen molar-refractivity contribution in [2.45, 2.75) is 36.9 Å². The number of hydrogen-bond acceptors (Lipinski definition) is 4. The van der Waals surface area contributed by atoms with Crippen molar-refractivity contribution in [2.24, 2.45) is 11.8 Å². The van der Waals surface area contributed by atoms with Gasteiger partial charge in [-0.3, -0.25) is 9.89 Å². The minimum Gasteiger partial charge on any atom is -0.352 e. The maximum absolute atomic E-state index is 11.8. The lowest BCUT2D eigenvalue weighted by Gasteiger charge is -2.22. The zero-order valence-electron chi connectivity index (χ0n) is 9.56. The van der Waals surface area contributed by atoms with Gasteiger partial charge in [0, 0.05) is 6.04 Å². The first kappa shape index (κ1) is 11.1. The summed E-state index contributed by atoms with van der Waals surface area (Å²) in [7, 11) is 0. The minimum absolute atomic E-state index is 0.115. The molecule has 1 aromatic rings. The van der Waals surface area contributed by atoms with Gasteiger partial charge in [-0.2, -0.15) is 5.10 Å². The first-order chi connectivity index (χ1) is 8.31. The highest BCUT2D eigenvalue weighted by Crippen LogP contribution is 2.44. The summed E-state index contributed by atoms with van der Waals surface area (Å²) in [4.78, 5) is 15.8. The molecule has 0 spiro atoms. The van der Waals surface area contributed by atoms with Crippen LogP contribution in [0, 0.1) is 11.8 Å². The lowest BCUT2D eigenvalue weighted by Crippen LogP contribution is -2.39. The van der Waals surface area contributed by atoms with E-state index in [1.165, 1.54) is 43.8 Å². The van der Waals surface area contributed by atoms with Crippen LogP contribution in [0.2, 0.25) is 0 Å². The molecule has 0 aliphatic heterocycles. The van der Waals surface area contributed by atoms with Crippen LogP contribution in [0.25, 0.3) is 0 Å². The number of carbonyl (C=O) groups is 1. The monoisotopic (exact) mass is 252 g/mol. The van der Waals surface area contributed by atoms with Crippen molar-refractivity contribution in [3.63, 3.8) is 0 Å². The number of hydrogen-bond donors (Lipinski definition) is 2. The summed E-state index contributed by atoms with van der Waals surface area (Å²) in [5.41, 5.74) is 0. The van der Waals surface area contributed by atoms with Gasteiger partial charge in [0.1, 0.15) is 6.33 Å². The van der Waals surface area contributed by atoms with Crippen molar-refractivity contribution in [1.29, 1.82) is 0 Å². The van der Waals surface area contributed by atoms with Gasteiger partial charge in [-0.05, 0) is 31.1 Å². The van der Waals surface area contributed by atoms with Gasteiger partial charge >= 0.3 is 0 Å². The Labute approximate surface area is 104 Å². The molecule has 92 valence electrons. The molecule has 0 unspecified atom stereocenters. The van der Waals surface area contributed by atoms with E-state index >= 15 is 0 Å². The topological polar surface area (TPSA) is 70.7 Å². The summed E-state index contributed by atoms with van der Waals surface area (Å²) in [5.74, 6) is 2.14. The second-order valence-corrected chi connectivity index (χ2v) is 5.89. The lowest BCUT2D eigenvalue weighted by atomic mass is 9.95. The smallest absolute Gasteiger partial charge is 0.230 e. The molecule has 2 aliphatic rings. The van der Waals surface area contributed by atoms with Gasteiger partial charge in [0.15, 0.2) is 5.16 Å². The van der Waals surface area contributed by atoms with Crippen LogP contribution in [-0.4, -0.2) is 32.9 Å². The second-order valence-electron chi connectivity index (χ2n) is 4.93. The fraction of sp³-hybridized carbons (Fsp3) is 0.727. The van der Waals surface area contributed by atoms with E-state index in [1.54, 1.807) is 0 Å². The van der Waals surface area contributed by atoms with E-state index in [0.29, 0.717) is 17.0 Å². The summed E-state index contributed by atoms with van der Waals surface area (Å²) in [6, 6.07) is 0.427. The maximum Gasteiger partial charge on any atom is 0.230 e. The molecule has 1 amide bonds. The molecule has 2 saturated carbocycles. The highest BCUT2D eigenvalue weighted by Gasteiger charge is 2.39. The van der Waals surface area contributed by atoms with E-state index in [4.69, 9.17) is 0 Å². The van der Waals surface area contributed by atoms with Gasteiger partial charge in [0.2, 0.25) is 5.91 Å². The molecule has 2 fully saturated rings. The van der Waals surface area contributed by atoms with Gasteiger partial charge < -0.3 is 5.32 Å². The summed E-state index contributed by atoms with van der Waals surface area (Å²) in [6.07, 6.45) is 6.62. The average molecular weight is 252 g/mol. The Hall–Kier alpha value is -1.04. The Morgan fingerprint density at radius 1 is 1.53 bits per heavy atom. The summed E-state index contributed by atoms with van der Waals surface area (Å²) >= 11 is 1.40. The molecular weight excluding hydrogens is 236 g/mol. The fourth-order valence-corrected chi connectivity index (χ4v) is 3.66. The van der Waals surface area contributed by atoms with E-state index < -0.39 is 0 Å². The van der Waals surface area contributed by atoms with Crippen LogP contribution in [0.4, 0.5) is 0 Å². The van der Waals surface area contributed by atoms with Crippen molar-refractivity contribution >= 4 is 17.7 Å². The molecule has 6 heteroatoms. The zero-order chi connectivity index (χ0) is 11.7. The minimum atomic E-state index is 0.115. The Bertz CT molecular complexity index is 394. The number of nitrogens with one attached hydrogen (secondary N) is 2. The van der Waals surface area contributed by atoms with Crippen molar-refractivity contribution in [1.82, 2.24) is 20.5 Å². The van der Waals surface area contributed by atoms with E-state index in [9.17, 15) is 4.79 Å². The van der Waals surface area contributed by atoms with Crippen molar-refractivity contribution in [3.8, 4) is 0 Å². The van der Waals surface area contributed by atoms with E-state index in [0.717, 1.165) is 11.8 Å². The Balaban J connectivity index is 1.44. The SMILES string of the molecule is O=C(CSc1ncn[nH]1)N[C@H]1C[C@@H]2CC[C@@H]1C2. The molecule has 5 nitrogen and oxygen atoms in total. The van der Waals surface area contributed by atoms with Crippen molar-refractivity contribution < 1.29 is 4.79 Å². The molecular formula is C11H16N4OS. The first-order valence-electron chi connectivity index (χ1n) is 6.09. The Kier molecular flexibility index (Phi) is 3.05. The third-order valence-corrected chi connectivity index (χ3v) is 4.69. The number of aromatic nitrogens is 3. The molecule has 3 atom stereocenters. The van der Waals surface area contributed by atoms with Gasteiger partial charge in [-0.1, -0.05) is 18.2 Å². The van der Waals surface area contributed by atoms with Crippen LogP contribution in [0.15, 0.2) is 11.5 Å². The average Bonchev–Trinajstić information content (AvgIpc) is 3.03. The molecule has 0 saturated heterocycles. The van der Waals surface area contributed by atoms with Crippen LogP contribution < -0.4 is 5.32 Å². The molecule has 0 radical (unpaired) electrons. The molecule has 17 heavy (non-hydrogen) atoms. The Morgan fingerprint density at radius 2 is 2.47 bits per heavy atom. The number of aromatic amines is 1. The van der Waals surface area contributed by atoms with Gasteiger partial charge in [0.05, 0.1) is 5.75 Å². The molecule has 2 bridgehead atoms. The lowest BCUT2D eigenvalue weighted by molar-refractivity contribution is -0.119. The number of carbonyl (C=O) groups excluding carboxylic acids is 1. The standard InChI is InChI=1S/C11H16N4OS/c16-10(5-17-11-12-6-13-15-11)14-9-4-7-1-2-8(9)3-7/h6-9H,1-5H2,(H,14,16)(H,12,13,15)/t7-,8-,9+/m1/s1. The first-order valence-corrected chi connectivity index (χ1v) is 7.07. The summed E-state index contributed by atoms with van der Waals surface area (Å²) < 4.78 is 0. The molecule has 1 heterocycles. The Morgan fingerprint density at radius 3 is 3.12 bits per heavy atom. The predicted molar refractivity (Wildman–Crippen MR) is 64.5 cm³/mol. The van der Waals surface area contributed by atoms with Crippen LogP contribution in [0.5, 0.6) is 0 Å². The third kappa shape index (κ3) is 2.46. The third-order valence-electron chi connectivity index (χ3n) is 3.82. The van der Waals surface area contributed by atoms with Gasteiger partial charge in [-0.25, -0.2) is 4.98 Å². The molecule has 0 aromatic carbocycles. The van der Waals surface area contributed by atoms with Gasteiger partial charge in [-0.15, -0.1) is 0 Å². The highest BCUT2D eigenvalue weighted by molar-refractivity contribution is 7.99. The number of rotatable bonds is 4. The molecule has 2 N–H and O–H groups in total. The maximum atomic E-state index is 11.8. The largest absolute Gasteiger partial charge is 0.352 e. The van der Waals surface area contributed by atoms with Gasteiger partial charge in [0.25, 0.3) is 0 Å². The van der Waals surface area contributed by atoms with Crippen molar-refractivity contribution in [2.75, 3.05) is 5.75 Å². The van der Waals surface area contributed by atoms with E-state index in [1.807, 2.05) is 0 Å². The van der Waals surface area contributed by atoms with Crippen LogP contribution in [-0.2, 0) is 4.79 Å². The zero-order valence-corrected chi connectivity index (χ0v) is 10.4. The number of amides is 1. The molecule has 3 rings (SSSR count). The number of nitrogens with zero attached hydrogens (tertiary/aromatic N) is 2. The van der Waals surface area contributed by atoms with E-state index in [2.05, 4.69) is 20.5 Å². The quantitative estimate of drug-likeness (QED) is 0.790. The molecule has 2 aliphatic carbocycles. The number of H-pyrrole nitrogens is 1. The van der Waals surface area contributed by atoms with Crippen molar-refractivity contribution in [3.05, 3.63) is 6.33 Å². The summed E-state index contributed by atoms with van der Waals surface area (Å²) in [6.45, 7) is 0. The second kappa shape index (κ2) is 4.68.